The van der Waals surface area contributed by atoms with Gasteiger partial charge in [0.25, 0.3) is 0 Å². The number of aliphatic hydroxyl groups is 1. The molecule has 2 fully saturated rings. The lowest BCUT2D eigenvalue weighted by Crippen LogP contribution is -2.39. The summed E-state index contributed by atoms with van der Waals surface area (Å²) >= 11 is 1.79. The van der Waals surface area contributed by atoms with E-state index in [1.165, 1.54) is 12.8 Å². The first-order valence-corrected chi connectivity index (χ1v) is 7.59. The lowest BCUT2D eigenvalue weighted by molar-refractivity contribution is -0.129. The molecule has 1 amide bonds. The van der Waals surface area contributed by atoms with Crippen LogP contribution >= 0.6 is 11.8 Å². The smallest absolute Gasteiger partial charge is 0.232 e. The molecule has 2 aliphatic heterocycles. The zero-order chi connectivity index (χ0) is 12.1. The zero-order valence-corrected chi connectivity index (χ0v) is 11.0. The molecule has 2 N–H and O–H groups in total. The minimum atomic E-state index is 0.0797. The summed E-state index contributed by atoms with van der Waals surface area (Å²) in [4.78, 5) is 13.9. The van der Waals surface area contributed by atoms with Gasteiger partial charge in [0.05, 0.1) is 18.4 Å². The molecule has 0 bridgehead atoms. The van der Waals surface area contributed by atoms with Gasteiger partial charge in [-0.25, -0.2) is 0 Å². The summed E-state index contributed by atoms with van der Waals surface area (Å²) in [6.07, 6.45) is 4.33. The summed E-state index contributed by atoms with van der Waals surface area (Å²) in [5, 5.41) is 13.2. The monoisotopic (exact) mass is 258 g/mol. The first kappa shape index (κ1) is 13.2. The van der Waals surface area contributed by atoms with E-state index in [0.29, 0.717) is 11.0 Å². The van der Waals surface area contributed by atoms with Crippen molar-refractivity contribution in [2.45, 2.75) is 37.0 Å². The number of aliphatic hydroxyl groups excluding tert-OH is 1. The Morgan fingerprint density at radius 2 is 2.12 bits per heavy atom. The van der Waals surface area contributed by atoms with Gasteiger partial charge in [-0.05, 0) is 38.8 Å². The highest BCUT2D eigenvalue weighted by Crippen LogP contribution is 2.23. The SMILES string of the molecule is O=C(CSC1CCNCC1)N1CCC[C@H]1CO. The van der Waals surface area contributed by atoms with Gasteiger partial charge in [0.15, 0.2) is 0 Å². The number of hydrogen-bond donors (Lipinski definition) is 2. The molecule has 17 heavy (non-hydrogen) atoms. The van der Waals surface area contributed by atoms with Crippen molar-refractivity contribution in [2.24, 2.45) is 0 Å². The fourth-order valence-corrected chi connectivity index (χ4v) is 3.70. The quantitative estimate of drug-likeness (QED) is 0.769. The fraction of sp³-hybridized carbons (Fsp3) is 0.917. The number of piperidine rings is 1. The predicted molar refractivity (Wildman–Crippen MR) is 70.2 cm³/mol. The molecule has 5 heteroatoms. The van der Waals surface area contributed by atoms with Crippen LogP contribution in [0.15, 0.2) is 0 Å². The molecular formula is C12H22N2O2S. The first-order valence-electron chi connectivity index (χ1n) is 6.54. The van der Waals surface area contributed by atoms with E-state index in [1.807, 2.05) is 4.90 Å². The standard InChI is InChI=1S/C12H22N2O2S/c15-8-10-2-1-7-14(10)12(16)9-17-11-3-5-13-6-4-11/h10-11,13,15H,1-9H2/t10-/m0/s1. The molecule has 0 saturated carbocycles. The maximum absolute atomic E-state index is 12.0. The Balaban J connectivity index is 1.72. The molecule has 0 radical (unpaired) electrons. The molecule has 4 nitrogen and oxygen atoms in total. The van der Waals surface area contributed by atoms with Gasteiger partial charge in [-0.3, -0.25) is 4.79 Å². The molecule has 0 spiro atoms. The second-order valence-corrected chi connectivity index (χ2v) is 6.11. The van der Waals surface area contributed by atoms with Crippen molar-refractivity contribution in [3.63, 3.8) is 0 Å². The van der Waals surface area contributed by atoms with Gasteiger partial charge in [-0.2, -0.15) is 0 Å². The highest BCUT2D eigenvalue weighted by molar-refractivity contribution is 8.00. The Labute approximate surface area is 107 Å². The van der Waals surface area contributed by atoms with Crippen LogP contribution in [0.2, 0.25) is 0 Å². The van der Waals surface area contributed by atoms with Crippen LogP contribution in [0.3, 0.4) is 0 Å². The van der Waals surface area contributed by atoms with Crippen LogP contribution in [-0.4, -0.2) is 59.2 Å². The predicted octanol–water partition coefficient (Wildman–Crippen LogP) is 0.455. The molecule has 0 aromatic heterocycles. The number of rotatable bonds is 4. The van der Waals surface area contributed by atoms with Gasteiger partial charge < -0.3 is 15.3 Å². The highest BCUT2D eigenvalue weighted by Gasteiger charge is 2.28. The third kappa shape index (κ3) is 3.60. The lowest BCUT2D eigenvalue weighted by Gasteiger charge is -2.25. The second kappa shape index (κ2) is 6.61. The molecule has 2 saturated heterocycles. The van der Waals surface area contributed by atoms with Crippen LogP contribution in [0.1, 0.15) is 25.7 Å². The number of nitrogens with zero attached hydrogens (tertiary/aromatic N) is 1. The van der Waals surface area contributed by atoms with E-state index in [1.54, 1.807) is 11.8 Å². The number of thioether (sulfide) groups is 1. The van der Waals surface area contributed by atoms with Gasteiger partial charge >= 0.3 is 0 Å². The lowest BCUT2D eigenvalue weighted by atomic mass is 10.2. The Kier molecular flexibility index (Phi) is 5.13. The summed E-state index contributed by atoms with van der Waals surface area (Å²) in [5.74, 6) is 0.798. The molecule has 0 aromatic carbocycles. The molecule has 2 rings (SSSR count). The van der Waals surface area contributed by atoms with Crippen molar-refractivity contribution in [3.05, 3.63) is 0 Å². The average molecular weight is 258 g/mol. The summed E-state index contributed by atoms with van der Waals surface area (Å²) < 4.78 is 0. The van der Waals surface area contributed by atoms with Crippen molar-refractivity contribution in [2.75, 3.05) is 32.0 Å². The van der Waals surface area contributed by atoms with Gasteiger partial charge in [0.1, 0.15) is 0 Å². The van der Waals surface area contributed by atoms with Crippen molar-refractivity contribution in [1.82, 2.24) is 10.2 Å². The van der Waals surface area contributed by atoms with Crippen LogP contribution in [0, 0.1) is 0 Å². The summed E-state index contributed by atoms with van der Waals surface area (Å²) in [5.41, 5.74) is 0. The molecule has 2 heterocycles. The first-order chi connectivity index (χ1) is 8.31. The largest absolute Gasteiger partial charge is 0.394 e. The Hall–Kier alpha value is -0.260. The Bertz CT molecular complexity index is 257. The maximum atomic E-state index is 12.0. The Morgan fingerprint density at radius 3 is 2.82 bits per heavy atom. The maximum Gasteiger partial charge on any atom is 0.232 e. The molecule has 0 aliphatic carbocycles. The number of nitrogens with one attached hydrogen (secondary N) is 1. The number of hydrogen-bond acceptors (Lipinski definition) is 4. The van der Waals surface area contributed by atoms with Crippen molar-refractivity contribution < 1.29 is 9.90 Å². The van der Waals surface area contributed by atoms with Gasteiger partial charge in [-0.1, -0.05) is 0 Å². The number of carbonyl (C=O) groups excluding carboxylic acids is 1. The van der Waals surface area contributed by atoms with Crippen LogP contribution in [0.4, 0.5) is 0 Å². The topological polar surface area (TPSA) is 52.6 Å². The van der Waals surface area contributed by atoms with E-state index in [-0.39, 0.29) is 18.6 Å². The van der Waals surface area contributed by atoms with E-state index in [4.69, 9.17) is 0 Å². The minimum absolute atomic E-state index is 0.0797. The fourth-order valence-electron chi connectivity index (χ4n) is 2.59. The Morgan fingerprint density at radius 1 is 1.35 bits per heavy atom. The van der Waals surface area contributed by atoms with Crippen molar-refractivity contribution in [1.29, 1.82) is 0 Å². The molecule has 1 atom stereocenters. The average Bonchev–Trinajstić information content (AvgIpc) is 2.85. The van der Waals surface area contributed by atoms with Gasteiger partial charge in [0, 0.05) is 11.8 Å². The van der Waals surface area contributed by atoms with Crippen molar-refractivity contribution in [3.8, 4) is 0 Å². The normalized spacial score (nSPS) is 26.4. The number of likely N-dealkylation sites (tertiary alicyclic amines) is 1. The molecular weight excluding hydrogens is 236 g/mol. The van der Waals surface area contributed by atoms with Crippen LogP contribution in [-0.2, 0) is 4.79 Å². The number of amides is 1. The third-order valence-electron chi connectivity index (χ3n) is 3.64. The highest BCUT2D eigenvalue weighted by atomic mass is 32.2. The van der Waals surface area contributed by atoms with Gasteiger partial charge in [-0.15, -0.1) is 11.8 Å². The third-order valence-corrected chi connectivity index (χ3v) is 4.99. The van der Waals surface area contributed by atoms with Crippen molar-refractivity contribution >= 4 is 17.7 Å². The van der Waals surface area contributed by atoms with E-state index in [2.05, 4.69) is 5.32 Å². The van der Waals surface area contributed by atoms with Crippen LogP contribution in [0.5, 0.6) is 0 Å². The number of carbonyl (C=O) groups is 1. The van der Waals surface area contributed by atoms with E-state index in [9.17, 15) is 9.90 Å². The molecule has 0 aromatic rings. The van der Waals surface area contributed by atoms with Crippen LogP contribution in [0.25, 0.3) is 0 Å². The van der Waals surface area contributed by atoms with E-state index < -0.39 is 0 Å². The van der Waals surface area contributed by atoms with E-state index >= 15 is 0 Å². The van der Waals surface area contributed by atoms with Gasteiger partial charge in [0.2, 0.25) is 5.91 Å². The zero-order valence-electron chi connectivity index (χ0n) is 10.2. The van der Waals surface area contributed by atoms with Crippen LogP contribution < -0.4 is 5.32 Å². The summed E-state index contributed by atoms with van der Waals surface area (Å²) in [6, 6.07) is 0.0797. The second-order valence-electron chi connectivity index (χ2n) is 4.83. The molecule has 0 unspecified atom stereocenters. The minimum Gasteiger partial charge on any atom is -0.394 e. The molecule has 2 aliphatic rings. The summed E-state index contributed by atoms with van der Waals surface area (Å²) in [7, 11) is 0. The summed E-state index contributed by atoms with van der Waals surface area (Å²) in [6.45, 7) is 3.10. The molecule has 98 valence electrons. The van der Waals surface area contributed by atoms with E-state index in [0.717, 1.165) is 32.5 Å².